The molecule has 2 aromatic carbocycles. The lowest BCUT2D eigenvalue weighted by molar-refractivity contribution is -0.137. The van der Waals surface area contributed by atoms with Gasteiger partial charge in [-0.3, -0.25) is 0 Å². The molecular weight excluding hydrogens is 531 g/mol. The Morgan fingerprint density at radius 2 is 1.90 bits per heavy atom. The molecule has 11 heteroatoms. The summed E-state index contributed by atoms with van der Waals surface area (Å²) in [5.41, 5.74) is 1.64. The molecule has 5 atom stereocenters. The Morgan fingerprint density at radius 3 is 2.62 bits per heavy atom. The first-order valence-electron chi connectivity index (χ1n) is 13.6. The highest BCUT2D eigenvalue weighted by atomic mass is 32.2. The third-order valence-electron chi connectivity index (χ3n) is 8.19. The van der Waals surface area contributed by atoms with E-state index in [1.165, 1.54) is 12.1 Å². The number of rotatable bonds is 8. The summed E-state index contributed by atoms with van der Waals surface area (Å²) in [5, 5.41) is 13.1. The first kappa shape index (κ1) is 28.4. The Bertz CT molecular complexity index is 1230. The van der Waals surface area contributed by atoms with E-state index >= 15 is 0 Å². The lowest BCUT2D eigenvalue weighted by Crippen LogP contribution is -2.36. The van der Waals surface area contributed by atoms with Crippen LogP contribution >= 0.6 is 0 Å². The van der Waals surface area contributed by atoms with E-state index in [0.717, 1.165) is 18.2 Å². The number of sulfonamides is 1. The van der Waals surface area contributed by atoms with Crippen LogP contribution in [0, 0.1) is 5.92 Å². The van der Waals surface area contributed by atoms with Crippen LogP contribution in [0.5, 0.6) is 0 Å². The number of halogens is 3. The van der Waals surface area contributed by atoms with E-state index in [-0.39, 0.29) is 49.0 Å². The maximum atomic E-state index is 13.5. The number of ether oxygens (including phenoxy) is 1. The zero-order chi connectivity index (χ0) is 27.6. The van der Waals surface area contributed by atoms with Gasteiger partial charge in [-0.25, -0.2) is 13.1 Å². The van der Waals surface area contributed by atoms with Crippen LogP contribution in [-0.2, 0) is 20.9 Å². The number of β-amino-alcohol motifs (C(OH)–C–C–N with tert-alkyl or cyclic N) is 1. The number of likely N-dealkylation sites (tertiary alicyclic amines) is 1. The third-order valence-corrected chi connectivity index (χ3v) is 9.62. The summed E-state index contributed by atoms with van der Waals surface area (Å²) in [6.07, 6.45) is -2.69. The molecule has 0 radical (unpaired) electrons. The van der Waals surface area contributed by atoms with Crippen LogP contribution in [0.1, 0.15) is 54.3 Å². The topological polar surface area (TPSA) is 90.9 Å². The molecule has 7 nitrogen and oxygen atoms in total. The van der Waals surface area contributed by atoms with E-state index in [9.17, 15) is 26.7 Å². The summed E-state index contributed by atoms with van der Waals surface area (Å²) >= 11 is 0. The minimum atomic E-state index is -4.44. The molecule has 39 heavy (non-hydrogen) atoms. The quantitative estimate of drug-likeness (QED) is 0.445. The van der Waals surface area contributed by atoms with Gasteiger partial charge in [0.25, 0.3) is 0 Å². The fourth-order valence-electron chi connectivity index (χ4n) is 6.13. The van der Waals surface area contributed by atoms with Crippen molar-refractivity contribution in [3.8, 4) is 0 Å². The van der Waals surface area contributed by atoms with Crippen LogP contribution in [0.4, 0.5) is 18.9 Å². The smallest absolute Gasteiger partial charge is 0.392 e. The number of hydrogen-bond donors (Lipinski definition) is 3. The highest BCUT2D eigenvalue weighted by Crippen LogP contribution is 2.49. The van der Waals surface area contributed by atoms with E-state index < -0.39 is 21.8 Å². The molecule has 5 rings (SSSR count). The number of fused-ring (bicyclic) bond motifs is 3. The van der Waals surface area contributed by atoms with Gasteiger partial charge in [0, 0.05) is 31.2 Å². The highest BCUT2D eigenvalue weighted by molar-refractivity contribution is 7.89. The molecule has 3 aliphatic heterocycles. The summed E-state index contributed by atoms with van der Waals surface area (Å²) < 4.78 is 74.7. The predicted molar refractivity (Wildman–Crippen MR) is 143 cm³/mol. The Morgan fingerprint density at radius 1 is 1.10 bits per heavy atom. The van der Waals surface area contributed by atoms with Gasteiger partial charge < -0.3 is 20.1 Å². The van der Waals surface area contributed by atoms with Crippen molar-refractivity contribution in [2.24, 2.45) is 5.92 Å². The summed E-state index contributed by atoms with van der Waals surface area (Å²) in [5.74, 6) is -0.280. The van der Waals surface area contributed by atoms with Gasteiger partial charge in [-0.1, -0.05) is 30.3 Å². The Kier molecular flexibility index (Phi) is 8.54. The second kappa shape index (κ2) is 11.7. The monoisotopic (exact) mass is 567 g/mol. The molecule has 3 heterocycles. The zero-order valence-electron chi connectivity index (χ0n) is 21.7. The van der Waals surface area contributed by atoms with Gasteiger partial charge >= 0.3 is 6.18 Å². The molecule has 3 N–H and O–H groups in total. The Balaban J connectivity index is 1.26. The van der Waals surface area contributed by atoms with Crippen LogP contribution < -0.4 is 10.0 Å². The summed E-state index contributed by atoms with van der Waals surface area (Å²) in [4.78, 5) is 2.07. The number of nitrogens with zero attached hydrogens (tertiary/aromatic N) is 1. The highest BCUT2D eigenvalue weighted by Gasteiger charge is 2.41. The third kappa shape index (κ3) is 6.94. The second-order valence-corrected chi connectivity index (χ2v) is 12.8. The van der Waals surface area contributed by atoms with Crippen LogP contribution in [0.3, 0.4) is 0 Å². The van der Waals surface area contributed by atoms with Crippen LogP contribution in [0.2, 0.25) is 0 Å². The SMILES string of the molecule is O=S(=O)(CCCN1CC[C@@H](O)C1)NC[C@H]1CC[C@@H]2[C@H](CO1)c1cc(C(F)(F)F)ccc1N[C@H]2c1ccccc1. The molecule has 2 aromatic rings. The van der Waals surface area contributed by atoms with Crippen LogP contribution in [-0.4, -0.2) is 69.2 Å². The van der Waals surface area contributed by atoms with Gasteiger partial charge in [0.1, 0.15) is 0 Å². The largest absolute Gasteiger partial charge is 0.416 e. The molecule has 3 aliphatic rings. The summed E-state index contributed by atoms with van der Waals surface area (Å²) in [6.45, 7) is 2.32. The van der Waals surface area contributed by atoms with Crippen molar-refractivity contribution < 1.29 is 31.4 Å². The normalized spacial score (nSPS) is 27.8. The number of benzene rings is 2. The van der Waals surface area contributed by atoms with Gasteiger partial charge in [0.2, 0.25) is 10.0 Å². The van der Waals surface area contributed by atoms with E-state index in [0.29, 0.717) is 50.0 Å². The van der Waals surface area contributed by atoms with E-state index in [4.69, 9.17) is 4.74 Å². The van der Waals surface area contributed by atoms with E-state index in [1.807, 2.05) is 30.3 Å². The number of aliphatic hydroxyl groups excluding tert-OH is 1. The fourth-order valence-corrected chi connectivity index (χ4v) is 7.23. The maximum Gasteiger partial charge on any atom is 0.416 e. The van der Waals surface area contributed by atoms with E-state index in [2.05, 4.69) is 14.9 Å². The van der Waals surface area contributed by atoms with Gasteiger partial charge in [-0.2, -0.15) is 13.2 Å². The van der Waals surface area contributed by atoms with Crippen molar-refractivity contribution in [2.75, 3.05) is 43.9 Å². The van der Waals surface area contributed by atoms with Crippen molar-refractivity contribution in [1.29, 1.82) is 0 Å². The molecule has 0 amide bonds. The molecule has 0 bridgehead atoms. The zero-order valence-corrected chi connectivity index (χ0v) is 22.6. The second-order valence-electron chi connectivity index (χ2n) is 10.9. The van der Waals surface area contributed by atoms with Gasteiger partial charge in [0.15, 0.2) is 0 Å². The molecule has 0 aliphatic carbocycles. The average Bonchev–Trinajstić information content (AvgIpc) is 3.19. The molecule has 0 aromatic heterocycles. The lowest BCUT2D eigenvalue weighted by atomic mass is 9.73. The summed E-state index contributed by atoms with van der Waals surface area (Å²) in [6, 6.07) is 13.6. The van der Waals surface area contributed by atoms with Gasteiger partial charge in [-0.05, 0) is 67.5 Å². The molecule has 2 saturated heterocycles. The first-order chi connectivity index (χ1) is 18.6. The number of anilines is 1. The Labute approximate surface area is 227 Å². The molecular formula is C28H36F3N3O4S. The number of alkyl halides is 3. The molecule has 0 unspecified atom stereocenters. The predicted octanol–water partition coefficient (Wildman–Crippen LogP) is 4.13. The number of aliphatic hydroxyl groups is 1. The van der Waals surface area contributed by atoms with Crippen molar-refractivity contribution in [1.82, 2.24) is 9.62 Å². The van der Waals surface area contributed by atoms with Gasteiger partial charge in [-0.15, -0.1) is 0 Å². The average molecular weight is 568 g/mol. The Hall–Kier alpha value is -2.18. The van der Waals surface area contributed by atoms with Crippen LogP contribution in [0.25, 0.3) is 0 Å². The molecule has 2 fully saturated rings. The summed E-state index contributed by atoms with van der Waals surface area (Å²) in [7, 11) is -3.50. The number of nitrogens with one attached hydrogen (secondary N) is 2. The first-order valence-corrected chi connectivity index (χ1v) is 15.3. The van der Waals surface area contributed by atoms with Crippen molar-refractivity contribution in [2.45, 2.75) is 56.0 Å². The van der Waals surface area contributed by atoms with Crippen molar-refractivity contribution in [3.63, 3.8) is 0 Å². The van der Waals surface area contributed by atoms with E-state index in [1.54, 1.807) is 0 Å². The molecule has 0 spiro atoms. The van der Waals surface area contributed by atoms with Crippen molar-refractivity contribution in [3.05, 3.63) is 65.2 Å². The molecule has 214 valence electrons. The number of hydrogen-bond acceptors (Lipinski definition) is 6. The standard InChI is InChI=1S/C28H36F3N3O4S/c29-28(30,31)20-7-10-26-24(15-20)25-18-38-22(8-9-23(25)27(33-26)19-5-2-1-3-6-19)16-32-39(36,37)14-4-12-34-13-11-21(35)17-34/h1-3,5-7,10,15,21-23,25,27,32-33,35H,4,8-9,11-14,16-18H2/t21-,22-,23-,25+,27+/m1/s1. The van der Waals surface area contributed by atoms with Gasteiger partial charge in [0.05, 0.1) is 36.2 Å². The minimum Gasteiger partial charge on any atom is -0.392 e. The minimum absolute atomic E-state index is 0.00877. The molecule has 0 saturated carbocycles. The lowest BCUT2D eigenvalue weighted by Gasteiger charge is -2.40. The maximum absolute atomic E-state index is 13.5. The fraction of sp³-hybridized carbons (Fsp3) is 0.571. The van der Waals surface area contributed by atoms with Crippen molar-refractivity contribution >= 4 is 15.7 Å². The van der Waals surface area contributed by atoms with Crippen LogP contribution in [0.15, 0.2) is 48.5 Å².